The highest BCUT2D eigenvalue weighted by molar-refractivity contribution is 9.10. The highest BCUT2D eigenvalue weighted by Crippen LogP contribution is 2.22. The number of nitrogens with two attached hydrogens (primary N) is 1. The molecule has 1 aromatic rings. The molecule has 0 spiro atoms. The van der Waals surface area contributed by atoms with Gasteiger partial charge in [0.15, 0.2) is 0 Å². The molecule has 21 heavy (non-hydrogen) atoms. The molecule has 0 bridgehead atoms. The summed E-state index contributed by atoms with van der Waals surface area (Å²) in [6.07, 6.45) is 4.54. The van der Waals surface area contributed by atoms with Crippen molar-refractivity contribution in [2.45, 2.75) is 38.2 Å². The number of halogens is 1. The molecule has 1 aromatic heterocycles. The normalized spacial score (nSPS) is 16.4. The molecule has 0 radical (unpaired) electrons. The lowest BCUT2D eigenvalue weighted by atomic mass is 10.1. The number of piperidine rings is 1. The Morgan fingerprint density at radius 3 is 2.86 bits per heavy atom. The molecule has 2 N–H and O–H groups in total. The molecular formula is C15H23BrN2O2S. The van der Waals surface area contributed by atoms with E-state index >= 15 is 0 Å². The lowest BCUT2D eigenvalue weighted by molar-refractivity contribution is -0.133. The van der Waals surface area contributed by atoms with E-state index in [0.29, 0.717) is 19.1 Å². The van der Waals surface area contributed by atoms with Gasteiger partial charge in [0, 0.05) is 40.8 Å². The van der Waals surface area contributed by atoms with Gasteiger partial charge in [-0.05, 0) is 54.2 Å². The van der Waals surface area contributed by atoms with Crippen molar-refractivity contribution in [2.75, 3.05) is 26.2 Å². The van der Waals surface area contributed by atoms with Crippen LogP contribution in [0.1, 0.15) is 30.6 Å². The van der Waals surface area contributed by atoms with E-state index in [1.165, 1.54) is 4.88 Å². The van der Waals surface area contributed by atoms with E-state index < -0.39 is 0 Å². The van der Waals surface area contributed by atoms with Crippen LogP contribution in [0.5, 0.6) is 0 Å². The maximum atomic E-state index is 12.2. The molecule has 2 heterocycles. The number of rotatable bonds is 7. The predicted molar refractivity (Wildman–Crippen MR) is 89.6 cm³/mol. The van der Waals surface area contributed by atoms with Crippen LogP contribution in [0.2, 0.25) is 0 Å². The summed E-state index contributed by atoms with van der Waals surface area (Å²) in [6, 6.07) is 2.09. The second-order valence-electron chi connectivity index (χ2n) is 5.32. The SMILES string of the molecule is NCCCOC1CCN(C(=O)CCc2cc(Br)cs2)CC1. The lowest BCUT2D eigenvalue weighted by Crippen LogP contribution is -2.41. The monoisotopic (exact) mass is 374 g/mol. The van der Waals surface area contributed by atoms with E-state index in [9.17, 15) is 4.79 Å². The summed E-state index contributed by atoms with van der Waals surface area (Å²) in [4.78, 5) is 15.4. The Labute approximate surface area is 138 Å². The minimum Gasteiger partial charge on any atom is -0.378 e. The summed E-state index contributed by atoms with van der Waals surface area (Å²) < 4.78 is 6.86. The van der Waals surface area contributed by atoms with Crippen LogP contribution in [-0.2, 0) is 16.0 Å². The van der Waals surface area contributed by atoms with Gasteiger partial charge in [-0.15, -0.1) is 11.3 Å². The third kappa shape index (κ3) is 5.70. The van der Waals surface area contributed by atoms with E-state index in [1.54, 1.807) is 11.3 Å². The van der Waals surface area contributed by atoms with Crippen LogP contribution < -0.4 is 5.73 Å². The van der Waals surface area contributed by atoms with Crippen molar-refractivity contribution >= 4 is 33.2 Å². The van der Waals surface area contributed by atoms with Gasteiger partial charge in [-0.25, -0.2) is 0 Å². The van der Waals surface area contributed by atoms with Crippen LogP contribution in [0.25, 0.3) is 0 Å². The second kappa shape index (κ2) is 8.88. The summed E-state index contributed by atoms with van der Waals surface area (Å²) in [6.45, 7) is 3.05. The number of aryl methyl sites for hydroxylation is 1. The molecule has 0 aliphatic carbocycles. The van der Waals surface area contributed by atoms with E-state index in [2.05, 4.69) is 27.4 Å². The third-order valence-corrected chi connectivity index (χ3v) is 5.46. The van der Waals surface area contributed by atoms with E-state index in [0.717, 1.165) is 49.9 Å². The molecule has 1 amide bonds. The van der Waals surface area contributed by atoms with E-state index in [-0.39, 0.29) is 5.91 Å². The van der Waals surface area contributed by atoms with E-state index in [4.69, 9.17) is 10.5 Å². The van der Waals surface area contributed by atoms with Gasteiger partial charge in [0.2, 0.25) is 5.91 Å². The van der Waals surface area contributed by atoms with Gasteiger partial charge in [0.1, 0.15) is 0 Å². The first-order valence-corrected chi connectivity index (χ1v) is 9.18. The van der Waals surface area contributed by atoms with Gasteiger partial charge in [0.25, 0.3) is 0 Å². The molecule has 1 aliphatic rings. The van der Waals surface area contributed by atoms with Crippen LogP contribution in [0.15, 0.2) is 15.9 Å². The first-order valence-electron chi connectivity index (χ1n) is 7.51. The lowest BCUT2D eigenvalue weighted by Gasteiger charge is -2.32. The number of amides is 1. The molecule has 0 saturated carbocycles. The molecule has 1 saturated heterocycles. The topological polar surface area (TPSA) is 55.6 Å². The van der Waals surface area contributed by atoms with Crippen LogP contribution >= 0.6 is 27.3 Å². The van der Waals surface area contributed by atoms with Gasteiger partial charge in [-0.1, -0.05) is 0 Å². The second-order valence-corrected chi connectivity index (χ2v) is 7.24. The Morgan fingerprint density at radius 2 is 2.24 bits per heavy atom. The fourth-order valence-corrected chi connectivity index (χ4v) is 3.93. The molecule has 0 aromatic carbocycles. The van der Waals surface area contributed by atoms with Crippen LogP contribution in [0.3, 0.4) is 0 Å². The number of ether oxygens (including phenoxy) is 1. The molecule has 0 unspecified atom stereocenters. The Morgan fingerprint density at radius 1 is 1.48 bits per heavy atom. The summed E-state index contributed by atoms with van der Waals surface area (Å²) in [5.74, 6) is 0.264. The zero-order valence-electron chi connectivity index (χ0n) is 12.2. The quantitative estimate of drug-likeness (QED) is 0.746. The molecule has 6 heteroatoms. The molecule has 4 nitrogen and oxygen atoms in total. The van der Waals surface area contributed by atoms with Crippen LogP contribution in [-0.4, -0.2) is 43.2 Å². The predicted octanol–water partition coefficient (Wildman–Crippen LogP) is 2.80. The first-order chi connectivity index (χ1) is 10.2. The molecule has 2 rings (SSSR count). The summed E-state index contributed by atoms with van der Waals surface area (Å²) >= 11 is 5.14. The van der Waals surface area contributed by atoms with Crippen LogP contribution in [0.4, 0.5) is 0 Å². The first kappa shape index (κ1) is 16.9. The number of likely N-dealkylation sites (tertiary alicyclic amines) is 1. The minimum atomic E-state index is 0.264. The van der Waals surface area contributed by atoms with Crippen molar-refractivity contribution in [3.63, 3.8) is 0 Å². The fourth-order valence-electron chi connectivity index (χ4n) is 2.48. The standard InChI is InChI=1S/C15H23BrN2O2S/c16-12-10-14(21-11-12)2-3-15(19)18-7-4-13(5-8-18)20-9-1-6-17/h10-11,13H,1-9,17H2. The minimum absolute atomic E-state index is 0.264. The van der Waals surface area contributed by atoms with Crippen molar-refractivity contribution in [1.29, 1.82) is 0 Å². The van der Waals surface area contributed by atoms with E-state index in [1.807, 2.05) is 4.90 Å². The Balaban J connectivity index is 1.65. The van der Waals surface area contributed by atoms with Gasteiger partial charge >= 0.3 is 0 Å². The molecular weight excluding hydrogens is 352 g/mol. The number of nitrogens with zero attached hydrogens (tertiary/aromatic N) is 1. The maximum Gasteiger partial charge on any atom is 0.222 e. The number of carbonyl (C=O) groups excluding carboxylic acids is 1. The Hall–Kier alpha value is -0.430. The highest BCUT2D eigenvalue weighted by atomic mass is 79.9. The van der Waals surface area contributed by atoms with Crippen molar-refractivity contribution in [2.24, 2.45) is 5.73 Å². The van der Waals surface area contributed by atoms with Crippen LogP contribution in [0, 0.1) is 0 Å². The summed E-state index contributed by atoms with van der Waals surface area (Å²) in [7, 11) is 0. The summed E-state index contributed by atoms with van der Waals surface area (Å²) in [5, 5.41) is 2.06. The number of hydrogen-bond acceptors (Lipinski definition) is 4. The largest absolute Gasteiger partial charge is 0.378 e. The van der Waals surface area contributed by atoms with Gasteiger partial charge in [-0.3, -0.25) is 4.79 Å². The molecule has 0 atom stereocenters. The molecule has 118 valence electrons. The third-order valence-electron chi connectivity index (χ3n) is 3.70. The van der Waals surface area contributed by atoms with Gasteiger partial charge in [-0.2, -0.15) is 0 Å². The van der Waals surface area contributed by atoms with Crippen molar-refractivity contribution in [3.8, 4) is 0 Å². The Bertz CT molecular complexity index is 445. The zero-order valence-corrected chi connectivity index (χ0v) is 14.6. The smallest absolute Gasteiger partial charge is 0.222 e. The average molecular weight is 375 g/mol. The van der Waals surface area contributed by atoms with Crippen molar-refractivity contribution in [3.05, 3.63) is 20.8 Å². The fraction of sp³-hybridized carbons (Fsp3) is 0.667. The maximum absolute atomic E-state index is 12.2. The summed E-state index contributed by atoms with van der Waals surface area (Å²) in [5.41, 5.74) is 5.45. The Kier molecular flexibility index (Phi) is 7.16. The average Bonchev–Trinajstić information content (AvgIpc) is 2.91. The molecule has 1 aliphatic heterocycles. The number of hydrogen-bond donors (Lipinski definition) is 1. The number of thiophene rings is 1. The van der Waals surface area contributed by atoms with Gasteiger partial charge in [0.05, 0.1) is 6.10 Å². The van der Waals surface area contributed by atoms with Crippen molar-refractivity contribution < 1.29 is 9.53 Å². The highest BCUT2D eigenvalue weighted by Gasteiger charge is 2.22. The number of carbonyl (C=O) groups is 1. The van der Waals surface area contributed by atoms with Crippen molar-refractivity contribution in [1.82, 2.24) is 4.90 Å². The molecule has 1 fully saturated rings. The van der Waals surface area contributed by atoms with Gasteiger partial charge < -0.3 is 15.4 Å². The zero-order chi connectivity index (χ0) is 15.1.